The van der Waals surface area contributed by atoms with Crippen molar-refractivity contribution in [1.29, 1.82) is 0 Å². The van der Waals surface area contributed by atoms with Gasteiger partial charge in [-0.05, 0) is 18.9 Å². The second-order valence-electron chi connectivity index (χ2n) is 5.23. The first-order valence-electron chi connectivity index (χ1n) is 6.13. The SMILES string of the molecule is C[C@@H](N)C(=O)N1CCC(C)(c2ccccc2)C1.Cl. The van der Waals surface area contributed by atoms with Crippen molar-refractivity contribution in [2.75, 3.05) is 13.1 Å². The monoisotopic (exact) mass is 268 g/mol. The highest BCUT2D eigenvalue weighted by atomic mass is 35.5. The summed E-state index contributed by atoms with van der Waals surface area (Å²) >= 11 is 0. The number of carbonyl (C=O) groups excluding carboxylic acids is 1. The summed E-state index contributed by atoms with van der Waals surface area (Å²) in [6.45, 7) is 5.56. The third-order valence-corrected chi connectivity index (χ3v) is 3.65. The number of nitrogens with two attached hydrogens (primary N) is 1. The number of carbonyl (C=O) groups is 1. The number of halogens is 1. The Hall–Kier alpha value is -1.06. The van der Waals surface area contributed by atoms with Crippen molar-refractivity contribution in [3.05, 3.63) is 35.9 Å². The van der Waals surface area contributed by atoms with E-state index in [2.05, 4.69) is 31.2 Å². The molecule has 0 aliphatic carbocycles. The van der Waals surface area contributed by atoms with Gasteiger partial charge in [-0.15, -0.1) is 12.4 Å². The fraction of sp³-hybridized carbons (Fsp3) is 0.500. The van der Waals surface area contributed by atoms with Gasteiger partial charge in [0.25, 0.3) is 0 Å². The van der Waals surface area contributed by atoms with Crippen LogP contribution in [0.2, 0.25) is 0 Å². The van der Waals surface area contributed by atoms with Crippen LogP contribution in [-0.2, 0) is 10.2 Å². The molecular formula is C14H21ClN2O. The van der Waals surface area contributed by atoms with E-state index in [4.69, 9.17) is 5.73 Å². The van der Waals surface area contributed by atoms with Gasteiger partial charge >= 0.3 is 0 Å². The van der Waals surface area contributed by atoms with Gasteiger partial charge in [0.2, 0.25) is 5.91 Å². The zero-order chi connectivity index (χ0) is 12.5. The van der Waals surface area contributed by atoms with Crippen molar-refractivity contribution < 1.29 is 4.79 Å². The summed E-state index contributed by atoms with van der Waals surface area (Å²) in [7, 11) is 0. The number of benzene rings is 1. The summed E-state index contributed by atoms with van der Waals surface area (Å²) in [5.74, 6) is 0.0599. The number of likely N-dealkylation sites (tertiary alicyclic amines) is 1. The molecule has 0 radical (unpaired) electrons. The van der Waals surface area contributed by atoms with E-state index in [0.29, 0.717) is 0 Å². The van der Waals surface area contributed by atoms with E-state index in [1.165, 1.54) is 5.56 Å². The standard InChI is InChI=1S/C14H20N2O.ClH/c1-11(15)13(17)16-9-8-14(2,10-16)12-6-4-3-5-7-12;/h3-7,11H,8-10,15H2,1-2H3;1H/t11-,14?;/m1./s1. The zero-order valence-electron chi connectivity index (χ0n) is 10.9. The van der Waals surface area contributed by atoms with Gasteiger partial charge in [0.15, 0.2) is 0 Å². The Labute approximate surface area is 115 Å². The Bertz CT molecular complexity index is 408. The van der Waals surface area contributed by atoms with Gasteiger partial charge in [-0.2, -0.15) is 0 Å². The normalized spacial score (nSPS) is 24.5. The largest absolute Gasteiger partial charge is 0.340 e. The summed E-state index contributed by atoms with van der Waals surface area (Å²) in [4.78, 5) is 13.8. The zero-order valence-corrected chi connectivity index (χ0v) is 11.7. The van der Waals surface area contributed by atoms with Gasteiger partial charge in [0, 0.05) is 18.5 Å². The first-order valence-corrected chi connectivity index (χ1v) is 6.13. The van der Waals surface area contributed by atoms with Gasteiger partial charge in [-0.3, -0.25) is 4.79 Å². The van der Waals surface area contributed by atoms with Gasteiger partial charge < -0.3 is 10.6 Å². The molecular weight excluding hydrogens is 248 g/mol. The molecule has 1 aliphatic heterocycles. The second kappa shape index (κ2) is 5.72. The Balaban J connectivity index is 0.00000162. The van der Waals surface area contributed by atoms with Crippen molar-refractivity contribution in [2.45, 2.75) is 31.7 Å². The summed E-state index contributed by atoms with van der Waals surface area (Å²) in [5, 5.41) is 0. The maximum absolute atomic E-state index is 11.9. The quantitative estimate of drug-likeness (QED) is 0.891. The number of hydrogen-bond donors (Lipinski definition) is 1. The number of rotatable bonds is 2. The third kappa shape index (κ3) is 2.85. The van der Waals surface area contributed by atoms with Crippen LogP contribution in [0.5, 0.6) is 0 Å². The van der Waals surface area contributed by atoms with Crippen LogP contribution >= 0.6 is 12.4 Å². The minimum atomic E-state index is -0.395. The molecule has 100 valence electrons. The Morgan fingerprint density at radius 3 is 2.56 bits per heavy atom. The molecule has 18 heavy (non-hydrogen) atoms. The molecule has 0 spiro atoms. The highest BCUT2D eigenvalue weighted by molar-refractivity contribution is 5.85. The Morgan fingerprint density at radius 2 is 2.00 bits per heavy atom. The summed E-state index contributed by atoms with van der Waals surface area (Å²) in [5.41, 5.74) is 7.03. The summed E-state index contributed by atoms with van der Waals surface area (Å²) in [6.07, 6.45) is 1.01. The van der Waals surface area contributed by atoms with Crippen LogP contribution in [0.1, 0.15) is 25.8 Å². The predicted molar refractivity (Wildman–Crippen MR) is 75.9 cm³/mol. The molecule has 1 aliphatic rings. The van der Waals surface area contributed by atoms with Crippen molar-refractivity contribution in [2.24, 2.45) is 5.73 Å². The third-order valence-electron chi connectivity index (χ3n) is 3.65. The molecule has 1 aromatic carbocycles. The van der Waals surface area contributed by atoms with Gasteiger partial charge in [0.1, 0.15) is 0 Å². The Morgan fingerprint density at radius 1 is 1.39 bits per heavy atom. The molecule has 3 nitrogen and oxygen atoms in total. The smallest absolute Gasteiger partial charge is 0.239 e. The number of hydrogen-bond acceptors (Lipinski definition) is 2. The van der Waals surface area contributed by atoms with Crippen LogP contribution in [0.25, 0.3) is 0 Å². The molecule has 4 heteroatoms. The van der Waals surface area contributed by atoms with Crippen molar-refractivity contribution in [1.82, 2.24) is 4.90 Å². The lowest BCUT2D eigenvalue weighted by Gasteiger charge is -2.25. The van der Waals surface area contributed by atoms with E-state index < -0.39 is 6.04 Å². The molecule has 0 aromatic heterocycles. The average molecular weight is 269 g/mol. The molecule has 1 amide bonds. The summed E-state index contributed by atoms with van der Waals surface area (Å²) in [6, 6.07) is 10.0. The van der Waals surface area contributed by atoms with E-state index in [0.717, 1.165) is 19.5 Å². The van der Waals surface area contributed by atoms with Crippen LogP contribution in [0.15, 0.2) is 30.3 Å². The van der Waals surface area contributed by atoms with Crippen molar-refractivity contribution in [3.8, 4) is 0 Å². The van der Waals surface area contributed by atoms with Crippen LogP contribution < -0.4 is 5.73 Å². The van der Waals surface area contributed by atoms with Crippen LogP contribution in [0.3, 0.4) is 0 Å². The second-order valence-corrected chi connectivity index (χ2v) is 5.23. The van der Waals surface area contributed by atoms with Crippen molar-refractivity contribution in [3.63, 3.8) is 0 Å². The lowest BCUT2D eigenvalue weighted by Crippen LogP contribution is -2.42. The summed E-state index contributed by atoms with van der Waals surface area (Å²) < 4.78 is 0. The number of amides is 1. The van der Waals surface area contributed by atoms with Gasteiger partial charge in [-0.25, -0.2) is 0 Å². The Kier molecular flexibility index (Phi) is 4.77. The van der Waals surface area contributed by atoms with E-state index in [1.54, 1.807) is 6.92 Å². The van der Waals surface area contributed by atoms with Crippen molar-refractivity contribution >= 4 is 18.3 Å². The molecule has 0 saturated carbocycles. The lowest BCUT2D eigenvalue weighted by atomic mass is 9.82. The first kappa shape index (κ1) is 15.0. The predicted octanol–water partition coefficient (Wildman–Crippen LogP) is 1.95. The average Bonchev–Trinajstić information content (AvgIpc) is 2.73. The highest BCUT2D eigenvalue weighted by Gasteiger charge is 2.37. The molecule has 1 heterocycles. The lowest BCUT2D eigenvalue weighted by molar-refractivity contribution is -0.131. The van der Waals surface area contributed by atoms with E-state index in [1.807, 2.05) is 11.0 Å². The topological polar surface area (TPSA) is 46.3 Å². The molecule has 2 atom stereocenters. The minimum Gasteiger partial charge on any atom is -0.340 e. The van der Waals surface area contributed by atoms with E-state index in [9.17, 15) is 4.79 Å². The van der Waals surface area contributed by atoms with Gasteiger partial charge in [-0.1, -0.05) is 37.3 Å². The van der Waals surface area contributed by atoms with Gasteiger partial charge in [0.05, 0.1) is 6.04 Å². The van der Waals surface area contributed by atoms with E-state index >= 15 is 0 Å². The molecule has 0 bridgehead atoms. The molecule has 1 fully saturated rings. The fourth-order valence-corrected chi connectivity index (χ4v) is 2.51. The van der Waals surface area contributed by atoms with E-state index in [-0.39, 0.29) is 23.7 Å². The molecule has 2 N–H and O–H groups in total. The number of nitrogens with zero attached hydrogens (tertiary/aromatic N) is 1. The minimum absolute atomic E-state index is 0. The molecule has 1 aromatic rings. The molecule has 1 saturated heterocycles. The van der Waals surface area contributed by atoms with Crippen LogP contribution in [-0.4, -0.2) is 29.9 Å². The molecule has 1 unspecified atom stereocenters. The van der Waals surface area contributed by atoms with Crippen LogP contribution in [0.4, 0.5) is 0 Å². The molecule has 2 rings (SSSR count). The maximum Gasteiger partial charge on any atom is 0.239 e. The fourth-order valence-electron chi connectivity index (χ4n) is 2.51. The first-order chi connectivity index (χ1) is 8.03. The highest BCUT2D eigenvalue weighted by Crippen LogP contribution is 2.34. The maximum atomic E-state index is 11.9. The van der Waals surface area contributed by atoms with Crippen LogP contribution in [0, 0.1) is 0 Å².